The lowest BCUT2D eigenvalue weighted by molar-refractivity contribution is -0.139. The molecule has 0 spiro atoms. The monoisotopic (exact) mass is 350 g/mol. The molecule has 0 saturated carbocycles. The second-order valence-electron chi connectivity index (χ2n) is 4.35. The first-order valence-electron chi connectivity index (χ1n) is 6.93. The number of carbonyl (C=O) groups excluding carboxylic acids is 2. The molecular formula is C15H17F3O6. The maximum absolute atomic E-state index is 13.5. The van der Waals surface area contributed by atoms with Crippen molar-refractivity contribution in [2.45, 2.75) is 20.0 Å². The Kier molecular flexibility index (Phi) is 6.44. The van der Waals surface area contributed by atoms with E-state index in [9.17, 15) is 22.8 Å². The average molecular weight is 350 g/mol. The third-order valence-electron chi connectivity index (χ3n) is 2.93. The number of esters is 2. The molecule has 0 radical (unpaired) electrons. The van der Waals surface area contributed by atoms with Gasteiger partial charge in [-0.25, -0.2) is 9.59 Å². The summed E-state index contributed by atoms with van der Waals surface area (Å²) in [7, 11) is 2.02. The van der Waals surface area contributed by atoms with E-state index in [4.69, 9.17) is 14.2 Å². The Morgan fingerprint density at radius 3 is 1.96 bits per heavy atom. The Labute approximate surface area is 136 Å². The first-order chi connectivity index (χ1) is 11.2. The summed E-state index contributed by atoms with van der Waals surface area (Å²) in [6.07, 6.45) is -5.00. The van der Waals surface area contributed by atoms with Gasteiger partial charge in [0.1, 0.15) is 28.2 Å². The largest absolute Gasteiger partial charge is 0.496 e. The zero-order chi connectivity index (χ0) is 18.5. The smallest absolute Gasteiger partial charge is 0.420 e. The van der Waals surface area contributed by atoms with Gasteiger partial charge in [-0.2, -0.15) is 13.2 Å². The van der Waals surface area contributed by atoms with Crippen LogP contribution < -0.4 is 9.47 Å². The Hall–Kier alpha value is -2.45. The fourth-order valence-electron chi connectivity index (χ4n) is 2.05. The van der Waals surface area contributed by atoms with E-state index in [0.29, 0.717) is 0 Å². The Bertz CT molecular complexity index is 625. The minimum Gasteiger partial charge on any atom is -0.496 e. The van der Waals surface area contributed by atoms with Gasteiger partial charge in [0.25, 0.3) is 0 Å². The molecule has 0 saturated heterocycles. The first kappa shape index (κ1) is 19.6. The van der Waals surface area contributed by atoms with Crippen molar-refractivity contribution in [2.24, 2.45) is 0 Å². The summed E-state index contributed by atoms with van der Waals surface area (Å²) < 4.78 is 59.6. The standard InChI is InChI=1S/C15H17F3O6/c1-5-23-13(19)8-7-9(21-3)10(14(20)24-6-2)11(12(8)22-4)15(16,17)18/h7H,5-6H2,1-4H3. The summed E-state index contributed by atoms with van der Waals surface area (Å²) >= 11 is 0. The van der Waals surface area contributed by atoms with Crippen LogP contribution in [0.15, 0.2) is 6.07 Å². The molecule has 0 amide bonds. The summed E-state index contributed by atoms with van der Waals surface area (Å²) in [6.45, 7) is 2.76. The lowest BCUT2D eigenvalue weighted by Gasteiger charge is -2.20. The number of hydrogen-bond acceptors (Lipinski definition) is 6. The molecule has 0 aliphatic rings. The van der Waals surface area contributed by atoms with Gasteiger partial charge in [0, 0.05) is 0 Å². The second-order valence-corrected chi connectivity index (χ2v) is 4.35. The van der Waals surface area contributed by atoms with Crippen LogP contribution in [-0.2, 0) is 15.7 Å². The predicted octanol–water partition coefficient (Wildman–Crippen LogP) is 3.08. The molecule has 1 aromatic rings. The molecule has 0 atom stereocenters. The zero-order valence-corrected chi connectivity index (χ0v) is 13.6. The van der Waals surface area contributed by atoms with Crippen molar-refractivity contribution in [1.29, 1.82) is 0 Å². The fraction of sp³-hybridized carbons (Fsp3) is 0.467. The topological polar surface area (TPSA) is 71.1 Å². The van der Waals surface area contributed by atoms with Gasteiger partial charge in [-0.05, 0) is 19.9 Å². The van der Waals surface area contributed by atoms with E-state index < -0.39 is 46.3 Å². The van der Waals surface area contributed by atoms with Crippen molar-refractivity contribution in [3.05, 3.63) is 22.8 Å². The first-order valence-corrected chi connectivity index (χ1v) is 6.93. The van der Waals surface area contributed by atoms with E-state index in [-0.39, 0.29) is 13.2 Å². The van der Waals surface area contributed by atoms with Crippen molar-refractivity contribution in [1.82, 2.24) is 0 Å². The van der Waals surface area contributed by atoms with Crippen molar-refractivity contribution < 1.29 is 41.7 Å². The van der Waals surface area contributed by atoms with E-state index in [1.165, 1.54) is 13.8 Å². The molecular weight excluding hydrogens is 333 g/mol. The third-order valence-corrected chi connectivity index (χ3v) is 2.93. The molecule has 1 rings (SSSR count). The lowest BCUT2D eigenvalue weighted by Crippen LogP contribution is -2.20. The molecule has 6 nitrogen and oxygen atoms in total. The molecule has 0 heterocycles. The van der Waals surface area contributed by atoms with Crippen LogP contribution in [0.5, 0.6) is 11.5 Å². The van der Waals surface area contributed by atoms with E-state index >= 15 is 0 Å². The highest BCUT2D eigenvalue weighted by Gasteiger charge is 2.43. The van der Waals surface area contributed by atoms with Crippen molar-refractivity contribution >= 4 is 11.9 Å². The number of halogens is 3. The summed E-state index contributed by atoms with van der Waals surface area (Å²) in [4.78, 5) is 23.9. The number of hydrogen-bond donors (Lipinski definition) is 0. The molecule has 1 aromatic carbocycles. The van der Waals surface area contributed by atoms with Crippen LogP contribution in [0.25, 0.3) is 0 Å². The molecule has 0 aromatic heterocycles. The van der Waals surface area contributed by atoms with E-state index in [1.807, 2.05) is 0 Å². The number of benzene rings is 1. The number of rotatable bonds is 6. The Morgan fingerprint density at radius 2 is 1.54 bits per heavy atom. The van der Waals surface area contributed by atoms with Gasteiger partial charge >= 0.3 is 18.1 Å². The molecule has 0 aliphatic carbocycles. The highest BCUT2D eigenvalue weighted by molar-refractivity contribution is 6.00. The molecule has 0 fully saturated rings. The van der Waals surface area contributed by atoms with Gasteiger partial charge in [0.2, 0.25) is 0 Å². The van der Waals surface area contributed by atoms with Crippen LogP contribution >= 0.6 is 0 Å². The van der Waals surface area contributed by atoms with Crippen LogP contribution in [0.1, 0.15) is 40.1 Å². The molecule has 0 unspecified atom stereocenters. The number of carbonyl (C=O) groups is 2. The van der Waals surface area contributed by atoms with Gasteiger partial charge in [-0.15, -0.1) is 0 Å². The maximum Gasteiger partial charge on any atom is 0.420 e. The zero-order valence-electron chi connectivity index (χ0n) is 13.6. The molecule has 0 N–H and O–H groups in total. The Balaban J connectivity index is 3.83. The minimum atomic E-state index is -5.00. The second kappa shape index (κ2) is 7.89. The molecule has 134 valence electrons. The van der Waals surface area contributed by atoms with Gasteiger partial charge < -0.3 is 18.9 Å². The van der Waals surface area contributed by atoms with E-state index in [2.05, 4.69) is 4.74 Å². The summed E-state index contributed by atoms with van der Waals surface area (Å²) in [6, 6.07) is 0.957. The van der Waals surface area contributed by atoms with Crippen LogP contribution in [0.2, 0.25) is 0 Å². The van der Waals surface area contributed by atoms with E-state index in [0.717, 1.165) is 20.3 Å². The quantitative estimate of drug-likeness (QED) is 0.735. The summed E-state index contributed by atoms with van der Waals surface area (Å²) in [5.74, 6) is -3.57. The van der Waals surface area contributed by atoms with Gasteiger partial charge in [-0.3, -0.25) is 0 Å². The number of alkyl halides is 3. The predicted molar refractivity (Wildman–Crippen MR) is 76.5 cm³/mol. The van der Waals surface area contributed by atoms with Crippen molar-refractivity contribution in [2.75, 3.05) is 27.4 Å². The number of ether oxygens (including phenoxy) is 4. The normalized spacial score (nSPS) is 11.0. The maximum atomic E-state index is 13.5. The van der Waals surface area contributed by atoms with Gasteiger partial charge in [0.15, 0.2) is 0 Å². The highest BCUT2D eigenvalue weighted by Crippen LogP contribution is 2.45. The molecule has 9 heteroatoms. The van der Waals surface area contributed by atoms with Crippen LogP contribution in [0, 0.1) is 0 Å². The SMILES string of the molecule is CCOC(=O)c1cc(OC)c(C(=O)OCC)c(C(F)(F)F)c1OC. The van der Waals surface area contributed by atoms with Crippen LogP contribution in [0.4, 0.5) is 13.2 Å². The number of methoxy groups -OCH3 is 2. The summed E-state index contributed by atoms with van der Waals surface area (Å²) in [5.41, 5.74) is -2.82. The van der Waals surface area contributed by atoms with Gasteiger partial charge in [-0.1, -0.05) is 0 Å². The van der Waals surface area contributed by atoms with Crippen molar-refractivity contribution in [3.8, 4) is 11.5 Å². The molecule has 24 heavy (non-hydrogen) atoms. The lowest BCUT2D eigenvalue weighted by atomic mass is 9.99. The fourth-order valence-corrected chi connectivity index (χ4v) is 2.05. The summed E-state index contributed by atoms with van der Waals surface area (Å²) in [5, 5.41) is 0. The highest BCUT2D eigenvalue weighted by atomic mass is 19.4. The van der Waals surface area contributed by atoms with Crippen LogP contribution in [0.3, 0.4) is 0 Å². The molecule has 0 aliphatic heterocycles. The van der Waals surface area contributed by atoms with Crippen molar-refractivity contribution in [3.63, 3.8) is 0 Å². The molecule has 0 bridgehead atoms. The van der Waals surface area contributed by atoms with E-state index in [1.54, 1.807) is 0 Å². The van der Waals surface area contributed by atoms with Crippen LogP contribution in [-0.4, -0.2) is 39.4 Å². The van der Waals surface area contributed by atoms with Gasteiger partial charge in [0.05, 0.1) is 27.4 Å². The minimum absolute atomic E-state index is 0.0503. The Morgan fingerprint density at radius 1 is 1.00 bits per heavy atom. The third kappa shape index (κ3) is 3.90. The average Bonchev–Trinajstić information content (AvgIpc) is 2.52.